The first kappa shape index (κ1) is 14.0. The number of aromatic nitrogens is 2. The highest BCUT2D eigenvalue weighted by molar-refractivity contribution is 5.91. The molecule has 5 nitrogen and oxygen atoms in total. The minimum absolute atomic E-state index is 0.134. The Labute approximate surface area is 126 Å². The molecule has 22 heavy (non-hydrogen) atoms. The standard InChI is InChI=1S/C17H14N2O3/c1-22-17(21)13-7-3-2-6-12(13)10-19-11-18-15-9-5-4-8-14(15)16(19)20/h2-9,11H,10H2,1H3. The molecule has 1 aromatic heterocycles. The van der Waals surface area contributed by atoms with Crippen molar-refractivity contribution in [3.05, 3.63) is 76.3 Å². The largest absolute Gasteiger partial charge is 0.465 e. The van der Waals surface area contributed by atoms with Crippen LogP contribution in [0.2, 0.25) is 0 Å². The van der Waals surface area contributed by atoms with E-state index >= 15 is 0 Å². The number of hydrogen-bond donors (Lipinski definition) is 0. The van der Waals surface area contributed by atoms with Gasteiger partial charge in [-0.25, -0.2) is 9.78 Å². The van der Waals surface area contributed by atoms with E-state index in [0.29, 0.717) is 22.0 Å². The van der Waals surface area contributed by atoms with Crippen LogP contribution < -0.4 is 5.56 Å². The Balaban J connectivity index is 2.06. The minimum atomic E-state index is -0.419. The van der Waals surface area contributed by atoms with Crippen molar-refractivity contribution in [2.24, 2.45) is 0 Å². The van der Waals surface area contributed by atoms with Crippen LogP contribution in [0.15, 0.2) is 59.7 Å². The second kappa shape index (κ2) is 5.81. The van der Waals surface area contributed by atoms with Crippen molar-refractivity contribution >= 4 is 16.9 Å². The first-order chi connectivity index (χ1) is 10.7. The van der Waals surface area contributed by atoms with Gasteiger partial charge in [-0.3, -0.25) is 9.36 Å². The van der Waals surface area contributed by atoms with Crippen LogP contribution in [-0.4, -0.2) is 22.6 Å². The minimum Gasteiger partial charge on any atom is -0.465 e. The topological polar surface area (TPSA) is 61.2 Å². The van der Waals surface area contributed by atoms with Gasteiger partial charge in [0.15, 0.2) is 0 Å². The number of fused-ring (bicyclic) bond motifs is 1. The van der Waals surface area contributed by atoms with Gasteiger partial charge in [0, 0.05) is 0 Å². The number of methoxy groups -OCH3 is 1. The number of carbonyl (C=O) groups is 1. The number of benzene rings is 2. The normalized spacial score (nSPS) is 10.6. The number of para-hydroxylation sites is 1. The number of rotatable bonds is 3. The molecule has 0 spiro atoms. The Hall–Kier alpha value is -2.95. The van der Waals surface area contributed by atoms with Crippen LogP contribution in [0, 0.1) is 0 Å². The van der Waals surface area contributed by atoms with Gasteiger partial charge in [0.05, 0.1) is 36.4 Å². The van der Waals surface area contributed by atoms with E-state index in [0.717, 1.165) is 0 Å². The molecule has 0 aliphatic heterocycles. The first-order valence-corrected chi connectivity index (χ1v) is 6.81. The first-order valence-electron chi connectivity index (χ1n) is 6.81. The molecule has 0 aliphatic carbocycles. The fourth-order valence-corrected chi connectivity index (χ4v) is 2.37. The Bertz CT molecular complexity index is 900. The van der Waals surface area contributed by atoms with E-state index in [1.54, 1.807) is 36.4 Å². The smallest absolute Gasteiger partial charge is 0.338 e. The number of nitrogens with zero attached hydrogens (tertiary/aromatic N) is 2. The van der Waals surface area contributed by atoms with E-state index in [9.17, 15) is 9.59 Å². The molecule has 1 heterocycles. The van der Waals surface area contributed by atoms with Gasteiger partial charge in [0.2, 0.25) is 0 Å². The summed E-state index contributed by atoms with van der Waals surface area (Å²) >= 11 is 0. The number of carbonyl (C=O) groups excluding carboxylic acids is 1. The Morgan fingerprint density at radius 3 is 2.68 bits per heavy atom. The maximum absolute atomic E-state index is 12.5. The van der Waals surface area contributed by atoms with E-state index in [2.05, 4.69) is 4.98 Å². The fraction of sp³-hybridized carbons (Fsp3) is 0.118. The average molecular weight is 294 g/mol. The van der Waals surface area contributed by atoms with Crippen molar-refractivity contribution in [1.82, 2.24) is 9.55 Å². The van der Waals surface area contributed by atoms with Gasteiger partial charge < -0.3 is 4.74 Å². The lowest BCUT2D eigenvalue weighted by Gasteiger charge is -2.10. The number of ether oxygens (including phenoxy) is 1. The van der Waals surface area contributed by atoms with Crippen LogP contribution in [0.3, 0.4) is 0 Å². The molecule has 0 bridgehead atoms. The summed E-state index contributed by atoms with van der Waals surface area (Å²) in [5.41, 5.74) is 1.69. The van der Waals surface area contributed by atoms with Crippen LogP contribution in [0.4, 0.5) is 0 Å². The third-order valence-electron chi connectivity index (χ3n) is 3.49. The molecule has 2 aromatic carbocycles. The molecule has 0 atom stereocenters. The zero-order valence-electron chi connectivity index (χ0n) is 12.0. The fourth-order valence-electron chi connectivity index (χ4n) is 2.37. The maximum atomic E-state index is 12.5. The van der Waals surface area contributed by atoms with Crippen LogP contribution in [0.25, 0.3) is 10.9 Å². The second-order valence-electron chi connectivity index (χ2n) is 4.84. The summed E-state index contributed by atoms with van der Waals surface area (Å²) in [6, 6.07) is 14.2. The van der Waals surface area contributed by atoms with E-state index in [4.69, 9.17) is 4.74 Å². The lowest BCUT2D eigenvalue weighted by Crippen LogP contribution is -2.22. The van der Waals surface area contributed by atoms with E-state index in [-0.39, 0.29) is 12.1 Å². The van der Waals surface area contributed by atoms with Crippen molar-refractivity contribution in [2.75, 3.05) is 7.11 Å². The summed E-state index contributed by atoms with van der Waals surface area (Å²) in [5, 5.41) is 0.556. The van der Waals surface area contributed by atoms with Gasteiger partial charge in [-0.1, -0.05) is 30.3 Å². The third kappa shape index (κ3) is 2.48. The molecule has 0 saturated heterocycles. The number of hydrogen-bond acceptors (Lipinski definition) is 4. The monoisotopic (exact) mass is 294 g/mol. The zero-order valence-corrected chi connectivity index (χ0v) is 12.0. The van der Waals surface area contributed by atoms with Crippen LogP contribution in [0.1, 0.15) is 15.9 Å². The Morgan fingerprint density at radius 1 is 1.14 bits per heavy atom. The predicted octanol–water partition coefficient (Wildman–Crippen LogP) is 2.23. The molecule has 110 valence electrons. The van der Waals surface area contributed by atoms with Crippen LogP contribution >= 0.6 is 0 Å². The van der Waals surface area contributed by atoms with Crippen molar-refractivity contribution in [2.45, 2.75) is 6.54 Å². The average Bonchev–Trinajstić information content (AvgIpc) is 2.57. The highest BCUT2D eigenvalue weighted by Gasteiger charge is 2.12. The maximum Gasteiger partial charge on any atom is 0.338 e. The predicted molar refractivity (Wildman–Crippen MR) is 82.9 cm³/mol. The molecule has 0 saturated carbocycles. The van der Waals surface area contributed by atoms with Gasteiger partial charge in [-0.15, -0.1) is 0 Å². The highest BCUT2D eigenvalue weighted by Crippen LogP contribution is 2.12. The third-order valence-corrected chi connectivity index (χ3v) is 3.49. The quantitative estimate of drug-likeness (QED) is 0.695. The SMILES string of the molecule is COC(=O)c1ccccc1Cn1cnc2ccccc2c1=O. The van der Waals surface area contributed by atoms with Crippen LogP contribution in [-0.2, 0) is 11.3 Å². The molecule has 0 N–H and O–H groups in total. The van der Waals surface area contributed by atoms with Crippen molar-refractivity contribution < 1.29 is 9.53 Å². The Kier molecular flexibility index (Phi) is 3.70. The van der Waals surface area contributed by atoms with E-state index < -0.39 is 5.97 Å². The molecular weight excluding hydrogens is 280 g/mol. The summed E-state index contributed by atoms with van der Waals surface area (Å²) in [7, 11) is 1.34. The Morgan fingerprint density at radius 2 is 1.86 bits per heavy atom. The zero-order chi connectivity index (χ0) is 15.5. The molecule has 0 aliphatic rings. The van der Waals surface area contributed by atoms with E-state index in [1.807, 2.05) is 12.1 Å². The summed E-state index contributed by atoms with van der Waals surface area (Å²) in [4.78, 5) is 28.6. The van der Waals surface area contributed by atoms with Crippen LogP contribution in [0.5, 0.6) is 0 Å². The second-order valence-corrected chi connectivity index (χ2v) is 4.84. The molecule has 0 fully saturated rings. The molecule has 5 heteroatoms. The van der Waals surface area contributed by atoms with Gasteiger partial charge >= 0.3 is 5.97 Å². The summed E-state index contributed by atoms with van der Waals surface area (Å²) < 4.78 is 6.26. The summed E-state index contributed by atoms with van der Waals surface area (Å²) in [6.07, 6.45) is 1.50. The molecule has 3 aromatic rings. The number of esters is 1. The molecular formula is C17H14N2O3. The van der Waals surface area contributed by atoms with Gasteiger partial charge in [-0.05, 0) is 23.8 Å². The van der Waals surface area contributed by atoms with Crippen molar-refractivity contribution in [3.8, 4) is 0 Å². The lowest BCUT2D eigenvalue weighted by atomic mass is 10.1. The highest BCUT2D eigenvalue weighted by atomic mass is 16.5. The van der Waals surface area contributed by atoms with Gasteiger partial charge in [0.25, 0.3) is 5.56 Å². The van der Waals surface area contributed by atoms with Gasteiger partial charge in [-0.2, -0.15) is 0 Å². The molecule has 0 unspecified atom stereocenters. The summed E-state index contributed by atoms with van der Waals surface area (Å²) in [5.74, 6) is -0.419. The lowest BCUT2D eigenvalue weighted by molar-refractivity contribution is 0.0599. The van der Waals surface area contributed by atoms with Crippen molar-refractivity contribution in [3.63, 3.8) is 0 Å². The molecule has 3 rings (SSSR count). The summed E-state index contributed by atoms with van der Waals surface area (Å²) in [6.45, 7) is 0.266. The van der Waals surface area contributed by atoms with Crippen molar-refractivity contribution in [1.29, 1.82) is 0 Å². The molecule has 0 amide bonds. The van der Waals surface area contributed by atoms with E-state index in [1.165, 1.54) is 18.0 Å². The van der Waals surface area contributed by atoms with Gasteiger partial charge in [0.1, 0.15) is 0 Å². The molecule has 0 radical (unpaired) electrons.